The molecule has 0 bridgehead atoms. The third kappa shape index (κ3) is 4.59. The summed E-state index contributed by atoms with van der Waals surface area (Å²) in [5.74, 6) is -0.113. The Morgan fingerprint density at radius 1 is 1.30 bits per heavy atom. The number of carbonyl (C=O) groups excluding carboxylic acids is 1. The SMILES string of the molecule is CCN(CC)C(=O)CN(C)S(=O)(=O)c1cc(Cl)cc(Br)c1OC. The lowest BCUT2D eigenvalue weighted by atomic mass is 10.3. The van der Waals surface area contributed by atoms with Crippen LogP contribution in [-0.4, -0.2) is 57.3 Å². The minimum absolute atomic E-state index is 0.0887. The van der Waals surface area contributed by atoms with Crippen LogP contribution in [0.25, 0.3) is 0 Å². The van der Waals surface area contributed by atoms with Crippen molar-refractivity contribution in [2.75, 3.05) is 33.8 Å². The molecule has 0 spiro atoms. The number of ether oxygens (including phenoxy) is 1. The fourth-order valence-electron chi connectivity index (χ4n) is 2.05. The van der Waals surface area contributed by atoms with Gasteiger partial charge in [0.1, 0.15) is 4.90 Å². The number of rotatable bonds is 7. The summed E-state index contributed by atoms with van der Waals surface area (Å²) in [6, 6.07) is 2.85. The van der Waals surface area contributed by atoms with E-state index in [-0.39, 0.29) is 28.1 Å². The molecule has 0 unspecified atom stereocenters. The number of likely N-dealkylation sites (N-methyl/N-ethyl adjacent to an activating group) is 2. The largest absolute Gasteiger partial charge is 0.494 e. The van der Waals surface area contributed by atoms with E-state index in [9.17, 15) is 13.2 Å². The Morgan fingerprint density at radius 2 is 1.87 bits per heavy atom. The lowest BCUT2D eigenvalue weighted by molar-refractivity contribution is -0.130. The van der Waals surface area contributed by atoms with Gasteiger partial charge in [0, 0.05) is 25.2 Å². The average molecular weight is 428 g/mol. The quantitative estimate of drug-likeness (QED) is 0.671. The average Bonchev–Trinajstić information content (AvgIpc) is 2.47. The van der Waals surface area contributed by atoms with Crippen LogP contribution < -0.4 is 4.74 Å². The smallest absolute Gasteiger partial charge is 0.247 e. The molecule has 1 amide bonds. The standard InChI is InChI=1S/C14H20BrClN2O4S/c1-5-18(6-2)13(19)9-17(3)23(20,21)12-8-10(16)7-11(15)14(12)22-4/h7-8H,5-6,9H2,1-4H3. The molecule has 0 saturated heterocycles. The van der Waals surface area contributed by atoms with Crippen molar-refractivity contribution in [3.8, 4) is 5.75 Å². The van der Waals surface area contributed by atoms with Gasteiger partial charge in [-0.2, -0.15) is 4.31 Å². The zero-order chi connectivity index (χ0) is 17.8. The Morgan fingerprint density at radius 3 is 2.35 bits per heavy atom. The molecule has 0 N–H and O–H groups in total. The molecule has 1 rings (SSSR count). The van der Waals surface area contributed by atoms with E-state index in [1.54, 1.807) is 11.0 Å². The third-order valence-electron chi connectivity index (χ3n) is 3.34. The van der Waals surface area contributed by atoms with Crippen LogP contribution in [0, 0.1) is 0 Å². The predicted octanol–water partition coefficient (Wildman–Crippen LogP) is 2.60. The highest BCUT2D eigenvalue weighted by atomic mass is 79.9. The summed E-state index contributed by atoms with van der Waals surface area (Å²) in [6.45, 7) is 4.47. The predicted molar refractivity (Wildman–Crippen MR) is 93.4 cm³/mol. The van der Waals surface area contributed by atoms with Crippen molar-refractivity contribution in [3.63, 3.8) is 0 Å². The Hall–Kier alpha value is -0.830. The molecule has 0 aliphatic carbocycles. The maximum absolute atomic E-state index is 12.7. The van der Waals surface area contributed by atoms with Gasteiger partial charge in [-0.15, -0.1) is 0 Å². The molecule has 0 aromatic heterocycles. The summed E-state index contributed by atoms with van der Waals surface area (Å²) >= 11 is 9.18. The summed E-state index contributed by atoms with van der Waals surface area (Å²) < 4.78 is 32.1. The molecule has 0 aliphatic heterocycles. The molecule has 0 atom stereocenters. The molecule has 1 aromatic carbocycles. The minimum Gasteiger partial charge on any atom is -0.494 e. The van der Waals surface area contributed by atoms with Gasteiger partial charge in [0.25, 0.3) is 0 Å². The molecule has 1 aromatic rings. The van der Waals surface area contributed by atoms with Crippen LogP contribution >= 0.6 is 27.5 Å². The van der Waals surface area contributed by atoms with Gasteiger partial charge in [0.05, 0.1) is 18.1 Å². The summed E-state index contributed by atoms with van der Waals surface area (Å²) in [5, 5.41) is 0.250. The fraction of sp³-hybridized carbons (Fsp3) is 0.500. The first-order chi connectivity index (χ1) is 10.7. The molecular formula is C14H20BrClN2O4S. The lowest BCUT2D eigenvalue weighted by Gasteiger charge is -2.23. The second-order valence-corrected chi connectivity index (χ2v) is 8.05. The van der Waals surface area contributed by atoms with Crippen LogP contribution in [0.3, 0.4) is 0 Å². The molecule has 23 heavy (non-hydrogen) atoms. The van der Waals surface area contributed by atoms with Crippen molar-refractivity contribution >= 4 is 43.5 Å². The van der Waals surface area contributed by atoms with Crippen molar-refractivity contribution in [2.24, 2.45) is 0 Å². The first-order valence-electron chi connectivity index (χ1n) is 6.96. The summed E-state index contributed by atoms with van der Waals surface area (Å²) in [4.78, 5) is 13.6. The Bertz CT molecular complexity index is 678. The zero-order valence-corrected chi connectivity index (χ0v) is 16.6. The maximum atomic E-state index is 12.7. The van der Waals surface area contributed by atoms with E-state index in [0.29, 0.717) is 17.6 Å². The van der Waals surface area contributed by atoms with E-state index in [0.717, 1.165) is 4.31 Å². The number of carbonyl (C=O) groups is 1. The van der Waals surface area contributed by atoms with Gasteiger partial charge in [-0.3, -0.25) is 4.79 Å². The number of benzene rings is 1. The minimum atomic E-state index is -3.93. The number of sulfonamides is 1. The van der Waals surface area contributed by atoms with E-state index in [4.69, 9.17) is 16.3 Å². The second kappa shape index (κ2) is 8.32. The van der Waals surface area contributed by atoms with E-state index < -0.39 is 10.0 Å². The van der Waals surface area contributed by atoms with Crippen LogP contribution in [0.1, 0.15) is 13.8 Å². The van der Waals surface area contributed by atoms with Crippen LogP contribution in [-0.2, 0) is 14.8 Å². The Labute approximate surface area is 150 Å². The number of halogens is 2. The molecule has 0 saturated carbocycles. The maximum Gasteiger partial charge on any atom is 0.247 e. The Kier molecular flexibility index (Phi) is 7.31. The van der Waals surface area contributed by atoms with Crippen LogP contribution in [0.4, 0.5) is 0 Å². The molecule has 130 valence electrons. The van der Waals surface area contributed by atoms with Crippen LogP contribution in [0.5, 0.6) is 5.75 Å². The van der Waals surface area contributed by atoms with Crippen LogP contribution in [0.2, 0.25) is 5.02 Å². The van der Waals surface area contributed by atoms with E-state index in [1.807, 2.05) is 13.8 Å². The molecule has 0 aliphatic rings. The molecule has 6 nitrogen and oxygen atoms in total. The molecule has 9 heteroatoms. The summed E-state index contributed by atoms with van der Waals surface area (Å²) in [6.07, 6.45) is 0. The van der Waals surface area contributed by atoms with Crippen molar-refractivity contribution < 1.29 is 17.9 Å². The monoisotopic (exact) mass is 426 g/mol. The summed E-state index contributed by atoms with van der Waals surface area (Å²) in [7, 11) is -1.20. The van der Waals surface area contributed by atoms with Gasteiger partial charge in [-0.1, -0.05) is 11.6 Å². The number of nitrogens with zero attached hydrogens (tertiary/aromatic N) is 2. The van der Waals surface area contributed by atoms with Gasteiger partial charge >= 0.3 is 0 Å². The first-order valence-corrected chi connectivity index (χ1v) is 9.57. The third-order valence-corrected chi connectivity index (χ3v) is 5.96. The van der Waals surface area contributed by atoms with E-state index in [2.05, 4.69) is 15.9 Å². The van der Waals surface area contributed by atoms with Crippen LogP contribution in [0.15, 0.2) is 21.5 Å². The highest BCUT2D eigenvalue weighted by Gasteiger charge is 2.29. The lowest BCUT2D eigenvalue weighted by Crippen LogP contribution is -2.41. The molecule has 0 radical (unpaired) electrons. The van der Waals surface area contributed by atoms with Crippen molar-refractivity contribution in [1.29, 1.82) is 0 Å². The highest BCUT2D eigenvalue weighted by molar-refractivity contribution is 9.10. The van der Waals surface area contributed by atoms with Gasteiger partial charge in [-0.05, 0) is 41.9 Å². The first kappa shape index (κ1) is 20.2. The molecule has 0 fully saturated rings. The van der Waals surface area contributed by atoms with E-state index in [1.165, 1.54) is 20.2 Å². The second-order valence-electron chi connectivity index (χ2n) is 4.75. The molecular weight excluding hydrogens is 408 g/mol. The van der Waals surface area contributed by atoms with Crippen molar-refractivity contribution in [2.45, 2.75) is 18.7 Å². The van der Waals surface area contributed by atoms with Crippen molar-refractivity contribution in [1.82, 2.24) is 9.21 Å². The van der Waals surface area contributed by atoms with Crippen molar-refractivity contribution in [3.05, 3.63) is 21.6 Å². The number of hydrogen-bond donors (Lipinski definition) is 0. The fourth-order valence-corrected chi connectivity index (χ4v) is 4.53. The number of amides is 1. The van der Waals surface area contributed by atoms with Gasteiger partial charge < -0.3 is 9.64 Å². The topological polar surface area (TPSA) is 66.9 Å². The van der Waals surface area contributed by atoms with Gasteiger partial charge in [0.2, 0.25) is 15.9 Å². The van der Waals surface area contributed by atoms with E-state index >= 15 is 0 Å². The zero-order valence-electron chi connectivity index (χ0n) is 13.5. The van der Waals surface area contributed by atoms with Gasteiger partial charge in [0.15, 0.2) is 5.75 Å². The Balaban J connectivity index is 3.19. The number of hydrogen-bond acceptors (Lipinski definition) is 4. The normalized spacial score (nSPS) is 11.6. The highest BCUT2D eigenvalue weighted by Crippen LogP contribution is 2.36. The number of methoxy groups -OCH3 is 1. The van der Waals surface area contributed by atoms with Gasteiger partial charge in [-0.25, -0.2) is 8.42 Å². The molecule has 0 heterocycles. The summed E-state index contributed by atoms with van der Waals surface area (Å²) in [5.41, 5.74) is 0.